The van der Waals surface area contributed by atoms with Crippen molar-refractivity contribution in [1.29, 1.82) is 0 Å². The smallest absolute Gasteiger partial charge is 0.287 e. The monoisotopic (exact) mass is 263 g/mol. The topological polar surface area (TPSA) is 60.7 Å². The van der Waals surface area contributed by atoms with Crippen LogP contribution in [0, 0.1) is 0 Å². The van der Waals surface area contributed by atoms with Gasteiger partial charge in [0.1, 0.15) is 5.58 Å². The van der Waals surface area contributed by atoms with Crippen molar-refractivity contribution in [3.05, 3.63) is 35.6 Å². The Kier molecular flexibility index (Phi) is 4.54. The van der Waals surface area contributed by atoms with Gasteiger partial charge in [0.05, 0.1) is 13.2 Å². The number of amides is 1. The maximum atomic E-state index is 12.1. The normalized spacial score (nSPS) is 10.8. The molecule has 0 fully saturated rings. The van der Waals surface area contributed by atoms with Gasteiger partial charge in [-0.1, -0.05) is 18.2 Å². The van der Waals surface area contributed by atoms with Crippen LogP contribution in [-0.4, -0.2) is 33.3 Å². The Morgan fingerprint density at radius 1 is 1.26 bits per heavy atom. The van der Waals surface area contributed by atoms with Gasteiger partial charge in [0.2, 0.25) is 0 Å². The highest BCUT2D eigenvalue weighted by atomic mass is 16.5. The van der Waals surface area contributed by atoms with Gasteiger partial charge >= 0.3 is 0 Å². The Morgan fingerprint density at radius 3 is 2.79 bits per heavy atom. The Balaban J connectivity index is 2.30. The van der Waals surface area contributed by atoms with Crippen molar-refractivity contribution in [2.24, 2.45) is 0 Å². The van der Waals surface area contributed by atoms with E-state index in [0.29, 0.717) is 31.1 Å². The van der Waals surface area contributed by atoms with Crippen LogP contribution in [0.1, 0.15) is 16.1 Å². The number of fused-ring (bicyclic) bond motifs is 1. The average molecular weight is 263 g/mol. The largest absolute Gasteiger partial charge is 0.451 e. The van der Waals surface area contributed by atoms with Crippen molar-refractivity contribution < 1.29 is 18.7 Å². The number of rotatable bonds is 6. The lowest BCUT2D eigenvalue weighted by molar-refractivity contribution is 0.0905. The van der Waals surface area contributed by atoms with Crippen molar-refractivity contribution in [2.45, 2.75) is 6.61 Å². The Labute approximate surface area is 111 Å². The first-order valence-corrected chi connectivity index (χ1v) is 6.04. The third-order valence-corrected chi connectivity index (χ3v) is 2.78. The van der Waals surface area contributed by atoms with Crippen LogP contribution in [0.4, 0.5) is 0 Å². The summed E-state index contributed by atoms with van der Waals surface area (Å²) < 4.78 is 15.7. The fraction of sp³-hybridized carbons (Fsp3) is 0.357. The lowest BCUT2D eigenvalue weighted by atomic mass is 10.1. The van der Waals surface area contributed by atoms with E-state index >= 15 is 0 Å². The molecule has 2 rings (SSSR count). The molecule has 0 radical (unpaired) electrons. The van der Waals surface area contributed by atoms with Crippen molar-refractivity contribution in [1.82, 2.24) is 5.32 Å². The summed E-state index contributed by atoms with van der Waals surface area (Å²) >= 11 is 0. The molecule has 0 aliphatic heterocycles. The molecule has 0 spiro atoms. The third kappa shape index (κ3) is 2.94. The number of benzene rings is 1. The molecule has 1 amide bonds. The molecule has 1 heterocycles. The predicted octanol–water partition coefficient (Wildman–Crippen LogP) is 1.96. The van der Waals surface area contributed by atoms with E-state index in [2.05, 4.69) is 5.32 Å². The summed E-state index contributed by atoms with van der Waals surface area (Å²) in [6, 6.07) is 7.53. The first-order valence-electron chi connectivity index (χ1n) is 6.04. The van der Waals surface area contributed by atoms with Crippen LogP contribution in [0.5, 0.6) is 0 Å². The summed E-state index contributed by atoms with van der Waals surface area (Å²) in [4.78, 5) is 12.1. The van der Waals surface area contributed by atoms with Gasteiger partial charge in [0.25, 0.3) is 5.91 Å². The van der Waals surface area contributed by atoms with Gasteiger partial charge in [-0.15, -0.1) is 0 Å². The number of ether oxygens (including phenoxy) is 2. The molecule has 19 heavy (non-hydrogen) atoms. The van der Waals surface area contributed by atoms with E-state index < -0.39 is 0 Å². The van der Waals surface area contributed by atoms with Crippen LogP contribution in [0.2, 0.25) is 0 Å². The molecule has 1 aromatic heterocycles. The zero-order valence-electron chi connectivity index (χ0n) is 11.1. The number of hydrogen-bond donors (Lipinski definition) is 1. The maximum absolute atomic E-state index is 12.1. The molecular formula is C14H17NO4. The van der Waals surface area contributed by atoms with Gasteiger partial charge < -0.3 is 19.2 Å². The number of furan rings is 1. The molecular weight excluding hydrogens is 246 g/mol. The fourth-order valence-corrected chi connectivity index (χ4v) is 1.92. The summed E-state index contributed by atoms with van der Waals surface area (Å²) in [5.41, 5.74) is 1.46. The molecule has 0 saturated heterocycles. The number of carbonyl (C=O) groups is 1. The number of hydrogen-bond acceptors (Lipinski definition) is 4. The maximum Gasteiger partial charge on any atom is 0.287 e. The van der Waals surface area contributed by atoms with Gasteiger partial charge in [-0.2, -0.15) is 0 Å². The highest BCUT2D eigenvalue weighted by Crippen LogP contribution is 2.26. The molecule has 102 valence electrons. The van der Waals surface area contributed by atoms with Crippen LogP contribution in [0.25, 0.3) is 11.0 Å². The summed E-state index contributed by atoms with van der Waals surface area (Å²) in [5, 5.41) is 3.65. The predicted molar refractivity (Wildman–Crippen MR) is 71.1 cm³/mol. The lowest BCUT2D eigenvalue weighted by Crippen LogP contribution is -2.27. The lowest BCUT2D eigenvalue weighted by Gasteiger charge is -2.04. The van der Waals surface area contributed by atoms with Crippen LogP contribution in [0.3, 0.4) is 0 Å². The second kappa shape index (κ2) is 6.36. The molecule has 5 heteroatoms. The molecule has 0 bridgehead atoms. The van der Waals surface area contributed by atoms with E-state index in [-0.39, 0.29) is 5.91 Å². The van der Waals surface area contributed by atoms with Crippen molar-refractivity contribution >= 4 is 16.9 Å². The summed E-state index contributed by atoms with van der Waals surface area (Å²) in [6.45, 7) is 1.24. The molecule has 0 atom stereocenters. The molecule has 2 aromatic rings. The van der Waals surface area contributed by atoms with Gasteiger partial charge in [-0.25, -0.2) is 0 Å². The average Bonchev–Trinajstić information content (AvgIpc) is 2.79. The fourth-order valence-electron chi connectivity index (χ4n) is 1.92. The van der Waals surface area contributed by atoms with Gasteiger partial charge in [-0.05, 0) is 6.07 Å². The van der Waals surface area contributed by atoms with E-state index in [1.165, 1.54) is 0 Å². The zero-order valence-corrected chi connectivity index (χ0v) is 11.1. The SMILES string of the molecule is COCCNC(=O)c1oc2ccccc2c1COC. The van der Waals surface area contributed by atoms with Crippen LogP contribution < -0.4 is 5.32 Å². The number of methoxy groups -OCH3 is 2. The molecule has 5 nitrogen and oxygen atoms in total. The molecule has 0 aliphatic carbocycles. The second-order valence-corrected chi connectivity index (χ2v) is 4.09. The standard InChI is InChI=1S/C14H17NO4/c1-17-8-7-15-14(16)13-11(9-18-2)10-5-3-4-6-12(10)19-13/h3-6H,7-9H2,1-2H3,(H,15,16). The van der Waals surface area contributed by atoms with Crippen molar-refractivity contribution in [2.75, 3.05) is 27.4 Å². The van der Waals surface area contributed by atoms with E-state index in [9.17, 15) is 4.79 Å². The third-order valence-electron chi connectivity index (χ3n) is 2.78. The first kappa shape index (κ1) is 13.6. The quantitative estimate of drug-likeness (QED) is 0.809. The van der Waals surface area contributed by atoms with E-state index in [4.69, 9.17) is 13.9 Å². The Morgan fingerprint density at radius 2 is 2.05 bits per heavy atom. The minimum absolute atomic E-state index is 0.250. The highest BCUT2D eigenvalue weighted by Gasteiger charge is 2.19. The van der Waals surface area contributed by atoms with Crippen molar-refractivity contribution in [3.63, 3.8) is 0 Å². The van der Waals surface area contributed by atoms with Gasteiger partial charge in [0.15, 0.2) is 5.76 Å². The number of para-hydroxylation sites is 1. The number of nitrogens with one attached hydrogen (secondary N) is 1. The second-order valence-electron chi connectivity index (χ2n) is 4.09. The molecule has 1 aromatic carbocycles. The Bertz CT molecular complexity index is 562. The van der Waals surface area contributed by atoms with E-state index in [1.807, 2.05) is 24.3 Å². The zero-order chi connectivity index (χ0) is 13.7. The molecule has 1 N–H and O–H groups in total. The Hall–Kier alpha value is -1.85. The summed E-state index contributed by atoms with van der Waals surface area (Å²) in [6.07, 6.45) is 0. The van der Waals surface area contributed by atoms with Crippen LogP contribution in [0.15, 0.2) is 28.7 Å². The van der Waals surface area contributed by atoms with Crippen molar-refractivity contribution in [3.8, 4) is 0 Å². The van der Waals surface area contributed by atoms with Crippen LogP contribution in [-0.2, 0) is 16.1 Å². The highest BCUT2D eigenvalue weighted by molar-refractivity contribution is 5.99. The molecule has 0 aliphatic rings. The van der Waals surface area contributed by atoms with E-state index in [1.54, 1.807) is 14.2 Å². The molecule has 0 unspecified atom stereocenters. The van der Waals surface area contributed by atoms with Crippen LogP contribution >= 0.6 is 0 Å². The van der Waals surface area contributed by atoms with Gasteiger partial charge in [0, 0.05) is 31.7 Å². The minimum Gasteiger partial charge on any atom is -0.451 e. The summed E-state index contributed by atoms with van der Waals surface area (Å²) in [5.74, 6) is 0.0550. The minimum atomic E-state index is -0.250. The summed E-state index contributed by atoms with van der Waals surface area (Å²) in [7, 11) is 3.18. The first-order chi connectivity index (χ1) is 9.27. The number of carbonyl (C=O) groups excluding carboxylic acids is 1. The van der Waals surface area contributed by atoms with Gasteiger partial charge in [-0.3, -0.25) is 4.79 Å². The van der Waals surface area contributed by atoms with E-state index in [0.717, 1.165) is 10.9 Å². The molecule has 0 saturated carbocycles.